The van der Waals surface area contributed by atoms with Crippen molar-refractivity contribution >= 4 is 32.6 Å². The standard InChI is InChI=1S/C5H9IN2O2S/c1-5(4-7)11(9,10)8-3-2-6/h5,8H,2-3H2,1H3. The summed E-state index contributed by atoms with van der Waals surface area (Å²) in [5, 5.41) is 7.33. The molecule has 0 rings (SSSR count). The Labute approximate surface area is 80.2 Å². The predicted molar refractivity (Wildman–Crippen MR) is 50.9 cm³/mol. The van der Waals surface area contributed by atoms with Crippen molar-refractivity contribution in [1.29, 1.82) is 5.26 Å². The molecule has 64 valence electrons. The number of nitriles is 1. The molecule has 0 heterocycles. The average Bonchev–Trinajstić information content (AvgIpc) is 1.99. The van der Waals surface area contributed by atoms with Crippen LogP contribution in [0.3, 0.4) is 0 Å². The minimum absolute atomic E-state index is 0.384. The number of nitrogens with zero attached hydrogens (tertiary/aromatic N) is 1. The van der Waals surface area contributed by atoms with Gasteiger partial charge in [0.05, 0.1) is 6.07 Å². The van der Waals surface area contributed by atoms with E-state index >= 15 is 0 Å². The molecule has 4 nitrogen and oxygen atoms in total. The van der Waals surface area contributed by atoms with Gasteiger partial charge in [-0.2, -0.15) is 5.26 Å². The molecule has 0 spiro atoms. The van der Waals surface area contributed by atoms with Crippen LogP contribution in [0, 0.1) is 11.3 Å². The molecule has 0 aliphatic heterocycles. The maximum absolute atomic E-state index is 11.0. The summed E-state index contributed by atoms with van der Waals surface area (Å²) in [5.41, 5.74) is 0. The van der Waals surface area contributed by atoms with Gasteiger partial charge in [-0.3, -0.25) is 0 Å². The summed E-state index contributed by atoms with van der Waals surface area (Å²) in [6, 6.07) is 1.66. The highest BCUT2D eigenvalue weighted by Crippen LogP contribution is 1.95. The van der Waals surface area contributed by atoms with Gasteiger partial charge in [-0.05, 0) is 6.92 Å². The van der Waals surface area contributed by atoms with Crippen molar-refractivity contribution in [3.8, 4) is 6.07 Å². The number of alkyl halides is 1. The highest BCUT2D eigenvalue weighted by Gasteiger charge is 2.18. The molecule has 1 atom stereocenters. The number of halogens is 1. The van der Waals surface area contributed by atoms with E-state index < -0.39 is 15.3 Å². The Morgan fingerprint density at radius 3 is 2.64 bits per heavy atom. The zero-order valence-corrected chi connectivity index (χ0v) is 9.02. The fourth-order valence-electron chi connectivity index (χ4n) is 0.375. The number of nitrogens with one attached hydrogen (secondary N) is 1. The van der Waals surface area contributed by atoms with E-state index in [1.165, 1.54) is 6.92 Å². The fourth-order valence-corrected chi connectivity index (χ4v) is 1.79. The van der Waals surface area contributed by atoms with Crippen molar-refractivity contribution in [3.63, 3.8) is 0 Å². The van der Waals surface area contributed by atoms with Gasteiger partial charge in [-0.15, -0.1) is 0 Å². The van der Waals surface area contributed by atoms with Crippen molar-refractivity contribution in [2.24, 2.45) is 0 Å². The molecule has 0 aromatic rings. The first-order chi connectivity index (χ1) is 5.04. The third-order valence-electron chi connectivity index (χ3n) is 1.04. The Hall–Kier alpha value is 0.130. The topological polar surface area (TPSA) is 70.0 Å². The second-order valence-corrected chi connectivity index (χ2v) is 5.06. The van der Waals surface area contributed by atoms with Crippen LogP contribution in [0.2, 0.25) is 0 Å². The van der Waals surface area contributed by atoms with Gasteiger partial charge in [0.1, 0.15) is 0 Å². The lowest BCUT2D eigenvalue weighted by molar-refractivity contribution is 0.580. The van der Waals surface area contributed by atoms with Crippen LogP contribution in [0.1, 0.15) is 6.92 Å². The van der Waals surface area contributed by atoms with Gasteiger partial charge in [0.2, 0.25) is 10.0 Å². The molecule has 0 saturated heterocycles. The maximum atomic E-state index is 11.0. The largest absolute Gasteiger partial charge is 0.227 e. The van der Waals surface area contributed by atoms with Gasteiger partial charge in [0.25, 0.3) is 0 Å². The molecule has 0 aromatic heterocycles. The first kappa shape index (κ1) is 11.1. The average molecular weight is 288 g/mol. The van der Waals surface area contributed by atoms with Crippen molar-refractivity contribution in [3.05, 3.63) is 0 Å². The highest BCUT2D eigenvalue weighted by molar-refractivity contribution is 14.1. The van der Waals surface area contributed by atoms with Gasteiger partial charge in [0, 0.05) is 11.0 Å². The molecule has 0 bridgehead atoms. The molecule has 1 N–H and O–H groups in total. The highest BCUT2D eigenvalue weighted by atomic mass is 127. The second kappa shape index (κ2) is 4.90. The van der Waals surface area contributed by atoms with Crippen LogP contribution in [0.5, 0.6) is 0 Å². The Kier molecular flexibility index (Phi) is 4.96. The van der Waals surface area contributed by atoms with Crippen molar-refractivity contribution in [2.45, 2.75) is 12.2 Å². The van der Waals surface area contributed by atoms with E-state index in [2.05, 4.69) is 27.3 Å². The van der Waals surface area contributed by atoms with E-state index in [0.717, 1.165) is 0 Å². The lowest BCUT2D eigenvalue weighted by Crippen LogP contribution is -2.32. The summed E-state index contributed by atoms with van der Waals surface area (Å²) >= 11 is 2.05. The first-order valence-electron chi connectivity index (χ1n) is 2.98. The van der Waals surface area contributed by atoms with Crippen molar-refractivity contribution in [2.75, 3.05) is 11.0 Å². The van der Waals surface area contributed by atoms with E-state index in [0.29, 0.717) is 11.0 Å². The van der Waals surface area contributed by atoms with Crippen LogP contribution in [-0.2, 0) is 10.0 Å². The summed E-state index contributed by atoms with van der Waals surface area (Å²) in [4.78, 5) is 0. The molecule has 0 aliphatic carbocycles. The summed E-state index contributed by atoms with van der Waals surface area (Å²) in [7, 11) is -3.39. The van der Waals surface area contributed by atoms with Crippen LogP contribution in [0.15, 0.2) is 0 Å². The minimum atomic E-state index is -3.39. The van der Waals surface area contributed by atoms with Gasteiger partial charge >= 0.3 is 0 Å². The zero-order valence-electron chi connectivity index (χ0n) is 6.04. The van der Waals surface area contributed by atoms with E-state index in [9.17, 15) is 8.42 Å². The lowest BCUT2D eigenvalue weighted by Gasteiger charge is -2.04. The Bertz CT molecular complexity index is 244. The monoisotopic (exact) mass is 288 g/mol. The number of hydrogen-bond donors (Lipinski definition) is 1. The van der Waals surface area contributed by atoms with Crippen LogP contribution in [-0.4, -0.2) is 24.6 Å². The zero-order chi connectivity index (χ0) is 8.91. The van der Waals surface area contributed by atoms with Gasteiger partial charge in [-0.25, -0.2) is 13.1 Å². The summed E-state index contributed by atoms with van der Waals surface area (Å²) in [6.07, 6.45) is 0. The molecule has 0 aromatic carbocycles. The van der Waals surface area contributed by atoms with E-state index in [-0.39, 0.29) is 0 Å². The molecule has 6 heteroatoms. The first-order valence-corrected chi connectivity index (χ1v) is 6.06. The van der Waals surface area contributed by atoms with E-state index in [1.54, 1.807) is 6.07 Å². The third-order valence-corrected chi connectivity index (χ3v) is 3.23. The summed E-state index contributed by atoms with van der Waals surface area (Å²) in [6.45, 7) is 1.74. The molecule has 11 heavy (non-hydrogen) atoms. The van der Waals surface area contributed by atoms with Gasteiger partial charge < -0.3 is 0 Å². The lowest BCUT2D eigenvalue weighted by atomic mass is 10.5. The number of sulfonamides is 1. The SMILES string of the molecule is CC(C#N)S(=O)(=O)NCCI. The second-order valence-electron chi connectivity index (χ2n) is 1.90. The molecular weight excluding hydrogens is 279 g/mol. The van der Waals surface area contributed by atoms with E-state index in [1.807, 2.05) is 0 Å². The molecular formula is C5H9IN2O2S. The molecule has 0 amide bonds. The van der Waals surface area contributed by atoms with Crippen LogP contribution < -0.4 is 4.72 Å². The molecule has 0 radical (unpaired) electrons. The fraction of sp³-hybridized carbons (Fsp3) is 0.800. The van der Waals surface area contributed by atoms with E-state index in [4.69, 9.17) is 5.26 Å². The Balaban J connectivity index is 4.15. The number of hydrogen-bond acceptors (Lipinski definition) is 3. The maximum Gasteiger partial charge on any atom is 0.227 e. The molecule has 0 saturated carbocycles. The minimum Gasteiger partial charge on any atom is -0.213 e. The Morgan fingerprint density at radius 1 is 1.73 bits per heavy atom. The summed E-state index contributed by atoms with van der Waals surface area (Å²) in [5.74, 6) is 0. The normalized spacial score (nSPS) is 13.9. The van der Waals surface area contributed by atoms with Gasteiger partial charge in [0.15, 0.2) is 5.25 Å². The smallest absolute Gasteiger partial charge is 0.213 e. The summed E-state index contributed by atoms with van der Waals surface area (Å²) < 4.78 is 25.0. The van der Waals surface area contributed by atoms with Crippen LogP contribution in [0.25, 0.3) is 0 Å². The van der Waals surface area contributed by atoms with Crippen molar-refractivity contribution < 1.29 is 8.42 Å². The molecule has 0 fully saturated rings. The molecule has 0 aliphatic rings. The number of rotatable bonds is 4. The quantitative estimate of drug-likeness (QED) is 0.595. The van der Waals surface area contributed by atoms with Crippen molar-refractivity contribution in [1.82, 2.24) is 4.72 Å². The van der Waals surface area contributed by atoms with Crippen LogP contribution in [0.4, 0.5) is 0 Å². The molecule has 1 unspecified atom stereocenters. The predicted octanol–water partition coefficient (Wildman–Crippen LogP) is 0.253. The van der Waals surface area contributed by atoms with Gasteiger partial charge in [-0.1, -0.05) is 22.6 Å². The van der Waals surface area contributed by atoms with Crippen LogP contribution >= 0.6 is 22.6 Å². The third kappa shape index (κ3) is 3.88. The Morgan fingerprint density at radius 2 is 2.27 bits per heavy atom.